The van der Waals surface area contributed by atoms with E-state index in [1.807, 2.05) is 20.8 Å². The van der Waals surface area contributed by atoms with Crippen LogP contribution in [0.3, 0.4) is 0 Å². The topological polar surface area (TPSA) is 26.3 Å². The van der Waals surface area contributed by atoms with Crippen LogP contribution in [0.1, 0.15) is 33.6 Å². The molecule has 1 fully saturated rings. The molecular weight excluding hydrogens is 176 g/mol. The number of halogens is 1. The quantitative estimate of drug-likeness (QED) is 0.467. The lowest BCUT2D eigenvalue weighted by Gasteiger charge is -2.18. The number of esters is 1. The summed E-state index contributed by atoms with van der Waals surface area (Å²) in [6, 6.07) is 0. The molecule has 68 valence electrons. The molecule has 0 saturated heterocycles. The third kappa shape index (κ3) is 2.86. The van der Waals surface area contributed by atoms with Gasteiger partial charge >= 0.3 is 5.97 Å². The molecule has 1 aliphatic carbocycles. The summed E-state index contributed by atoms with van der Waals surface area (Å²) >= 11 is 5.74. The first-order valence-corrected chi connectivity index (χ1v) is 4.39. The summed E-state index contributed by atoms with van der Waals surface area (Å²) < 4.78 is 5.07. The molecule has 0 amide bonds. The van der Waals surface area contributed by atoms with Crippen LogP contribution in [0.15, 0.2) is 10.6 Å². The van der Waals surface area contributed by atoms with Gasteiger partial charge in [-0.1, -0.05) is 11.6 Å². The average molecular weight is 189 g/mol. The predicted molar refractivity (Wildman–Crippen MR) is 48.0 cm³/mol. The molecule has 0 aromatic heterocycles. The zero-order valence-corrected chi connectivity index (χ0v) is 8.36. The fourth-order valence-electron chi connectivity index (χ4n) is 0.749. The number of hydrogen-bond acceptors (Lipinski definition) is 2. The zero-order chi connectivity index (χ0) is 9.35. The Morgan fingerprint density at radius 3 is 2.25 bits per heavy atom. The van der Waals surface area contributed by atoms with E-state index in [-0.39, 0.29) is 5.03 Å². The second-order valence-corrected chi connectivity index (χ2v) is 4.30. The zero-order valence-electron chi connectivity index (χ0n) is 7.61. The number of hydrogen-bond donors (Lipinski definition) is 0. The third-order valence-corrected chi connectivity index (χ3v) is 1.81. The molecule has 2 nitrogen and oxygen atoms in total. The van der Waals surface area contributed by atoms with Crippen LogP contribution in [-0.4, -0.2) is 11.6 Å². The number of carbonyl (C=O) groups is 1. The van der Waals surface area contributed by atoms with Crippen LogP contribution in [0.5, 0.6) is 0 Å². The van der Waals surface area contributed by atoms with Crippen LogP contribution < -0.4 is 0 Å². The molecule has 0 radical (unpaired) electrons. The Kier molecular flexibility index (Phi) is 2.47. The monoisotopic (exact) mass is 188 g/mol. The van der Waals surface area contributed by atoms with Gasteiger partial charge in [-0.15, -0.1) is 0 Å². The van der Waals surface area contributed by atoms with Gasteiger partial charge in [0, 0.05) is 0 Å². The van der Waals surface area contributed by atoms with Crippen molar-refractivity contribution < 1.29 is 9.53 Å². The lowest BCUT2D eigenvalue weighted by molar-refractivity contribution is -0.149. The van der Waals surface area contributed by atoms with Crippen molar-refractivity contribution in [3.8, 4) is 0 Å². The van der Waals surface area contributed by atoms with Gasteiger partial charge in [-0.2, -0.15) is 0 Å². The Hall–Kier alpha value is -0.500. The van der Waals surface area contributed by atoms with E-state index >= 15 is 0 Å². The summed E-state index contributed by atoms with van der Waals surface area (Å²) in [4.78, 5) is 11.2. The average Bonchev–Trinajstić information content (AvgIpc) is 2.62. The maximum Gasteiger partial charge on any atom is 0.350 e. The minimum Gasteiger partial charge on any atom is -0.456 e. The van der Waals surface area contributed by atoms with E-state index in [2.05, 4.69) is 0 Å². The molecule has 0 unspecified atom stereocenters. The minimum absolute atomic E-state index is 0.282. The number of allylic oxidation sites excluding steroid dienone is 1. The van der Waals surface area contributed by atoms with Crippen molar-refractivity contribution in [1.29, 1.82) is 0 Å². The summed E-state index contributed by atoms with van der Waals surface area (Å²) in [5.74, 6) is -0.392. The molecule has 0 aromatic carbocycles. The van der Waals surface area contributed by atoms with E-state index < -0.39 is 11.6 Å². The van der Waals surface area contributed by atoms with Crippen LogP contribution in [0.4, 0.5) is 0 Å². The van der Waals surface area contributed by atoms with E-state index in [9.17, 15) is 4.79 Å². The Morgan fingerprint density at radius 1 is 1.42 bits per heavy atom. The van der Waals surface area contributed by atoms with Gasteiger partial charge in [-0.3, -0.25) is 0 Å². The molecule has 0 aromatic rings. The number of ether oxygens (including phenoxy) is 1. The molecule has 1 saturated carbocycles. The molecule has 12 heavy (non-hydrogen) atoms. The van der Waals surface area contributed by atoms with Crippen LogP contribution >= 0.6 is 11.6 Å². The van der Waals surface area contributed by atoms with E-state index in [1.54, 1.807) is 0 Å². The molecule has 0 heterocycles. The lowest BCUT2D eigenvalue weighted by atomic mass is 10.2. The summed E-state index contributed by atoms with van der Waals surface area (Å²) in [6.07, 6.45) is 1.89. The van der Waals surface area contributed by atoms with Crippen molar-refractivity contribution in [2.45, 2.75) is 39.2 Å². The highest BCUT2D eigenvalue weighted by Crippen LogP contribution is 2.34. The van der Waals surface area contributed by atoms with Crippen LogP contribution in [0.25, 0.3) is 0 Å². The van der Waals surface area contributed by atoms with E-state index in [0.29, 0.717) is 0 Å². The van der Waals surface area contributed by atoms with Crippen molar-refractivity contribution in [2.75, 3.05) is 0 Å². The van der Waals surface area contributed by atoms with Crippen LogP contribution in [0.2, 0.25) is 0 Å². The molecule has 0 bridgehead atoms. The lowest BCUT2D eigenvalue weighted by Crippen LogP contribution is -2.23. The highest BCUT2D eigenvalue weighted by molar-refractivity contribution is 6.41. The summed E-state index contributed by atoms with van der Waals surface area (Å²) in [5, 5.41) is 0.282. The van der Waals surface area contributed by atoms with Crippen molar-refractivity contribution in [2.24, 2.45) is 0 Å². The normalized spacial score (nSPS) is 15.8. The first kappa shape index (κ1) is 9.59. The van der Waals surface area contributed by atoms with Crippen molar-refractivity contribution in [1.82, 2.24) is 0 Å². The van der Waals surface area contributed by atoms with Gasteiger partial charge in [0.25, 0.3) is 0 Å². The summed E-state index contributed by atoms with van der Waals surface area (Å²) in [6.45, 7) is 5.48. The second-order valence-electron chi connectivity index (χ2n) is 3.92. The molecule has 1 rings (SSSR count). The summed E-state index contributed by atoms with van der Waals surface area (Å²) in [5.41, 5.74) is 0.568. The fraction of sp³-hybridized carbons (Fsp3) is 0.667. The second kappa shape index (κ2) is 3.09. The van der Waals surface area contributed by atoms with Crippen molar-refractivity contribution >= 4 is 17.6 Å². The van der Waals surface area contributed by atoms with Gasteiger partial charge in [0.15, 0.2) is 0 Å². The number of carbonyl (C=O) groups excluding carboxylic acids is 1. The van der Waals surface area contributed by atoms with E-state index in [4.69, 9.17) is 16.3 Å². The fourth-order valence-corrected chi connectivity index (χ4v) is 0.977. The largest absolute Gasteiger partial charge is 0.456 e. The van der Waals surface area contributed by atoms with Gasteiger partial charge < -0.3 is 4.74 Å². The predicted octanol–water partition coefficient (Wildman–Crippen LogP) is 2.61. The minimum atomic E-state index is -0.452. The standard InChI is InChI=1S/C9H13ClO2/c1-9(2,3)12-8(11)7(10)6-4-5-6/h4-5H2,1-3H3. The third-order valence-electron chi connectivity index (χ3n) is 1.39. The Bertz CT molecular complexity index is 229. The molecule has 0 spiro atoms. The highest BCUT2D eigenvalue weighted by atomic mass is 35.5. The first-order valence-electron chi connectivity index (χ1n) is 4.01. The molecule has 3 heteroatoms. The number of rotatable bonds is 1. The first-order chi connectivity index (χ1) is 5.40. The van der Waals surface area contributed by atoms with Crippen LogP contribution in [-0.2, 0) is 9.53 Å². The highest BCUT2D eigenvalue weighted by Gasteiger charge is 2.25. The van der Waals surface area contributed by atoms with Crippen LogP contribution in [0, 0.1) is 0 Å². The molecule has 0 aliphatic heterocycles. The van der Waals surface area contributed by atoms with E-state index in [1.165, 1.54) is 0 Å². The SMILES string of the molecule is CC(C)(C)OC(=O)C(Cl)=C1CC1. The summed E-state index contributed by atoms with van der Waals surface area (Å²) in [7, 11) is 0. The van der Waals surface area contributed by atoms with Gasteiger partial charge in [0.2, 0.25) is 0 Å². The molecule has 1 aliphatic rings. The van der Waals surface area contributed by atoms with Gasteiger partial charge in [0.1, 0.15) is 10.6 Å². The molecule has 0 N–H and O–H groups in total. The van der Waals surface area contributed by atoms with E-state index in [0.717, 1.165) is 18.4 Å². The van der Waals surface area contributed by atoms with Gasteiger partial charge in [0.05, 0.1) is 0 Å². The van der Waals surface area contributed by atoms with Crippen molar-refractivity contribution in [3.63, 3.8) is 0 Å². The van der Waals surface area contributed by atoms with Gasteiger partial charge in [-0.25, -0.2) is 4.79 Å². The Labute approximate surface area is 77.5 Å². The van der Waals surface area contributed by atoms with Crippen molar-refractivity contribution in [3.05, 3.63) is 10.6 Å². The Morgan fingerprint density at radius 2 is 1.92 bits per heavy atom. The maximum atomic E-state index is 11.2. The van der Waals surface area contributed by atoms with Gasteiger partial charge in [-0.05, 0) is 39.2 Å². The maximum absolute atomic E-state index is 11.2. The molecular formula is C9H13ClO2. The smallest absolute Gasteiger partial charge is 0.350 e. The Balaban J connectivity index is 2.55. The molecule has 0 atom stereocenters.